The molecule has 1 saturated carbocycles. The van der Waals surface area contributed by atoms with E-state index in [0.717, 1.165) is 12.3 Å². The molecule has 0 spiro atoms. The van der Waals surface area contributed by atoms with E-state index in [1.807, 2.05) is 0 Å². The van der Waals surface area contributed by atoms with E-state index in [4.69, 9.17) is 9.31 Å². The van der Waals surface area contributed by atoms with Crippen molar-refractivity contribution in [1.29, 1.82) is 0 Å². The van der Waals surface area contributed by atoms with E-state index in [-0.39, 0.29) is 23.6 Å². The van der Waals surface area contributed by atoms with E-state index in [1.54, 1.807) is 0 Å². The summed E-state index contributed by atoms with van der Waals surface area (Å²) >= 11 is 0. The molecule has 0 bridgehead atoms. The molecule has 0 amide bonds. The van der Waals surface area contributed by atoms with Crippen molar-refractivity contribution in [2.45, 2.75) is 95.6 Å². The van der Waals surface area contributed by atoms with Crippen LogP contribution in [-0.4, -0.2) is 18.3 Å². The molecular formula is C18H31BO2. The zero-order chi connectivity index (χ0) is 15.1. The van der Waals surface area contributed by atoms with Crippen LogP contribution < -0.4 is 0 Å². The summed E-state index contributed by atoms with van der Waals surface area (Å²) in [6.07, 6.45) is 15.2. The lowest BCUT2D eigenvalue weighted by Crippen LogP contribution is -2.43. The Bertz CT molecular complexity index is 393. The summed E-state index contributed by atoms with van der Waals surface area (Å²) in [6, 6.07) is 0. The smallest absolute Gasteiger partial charge is 0.403 e. The summed E-state index contributed by atoms with van der Waals surface area (Å²) in [5.74, 6) is 0.769. The molecule has 1 saturated heterocycles. The van der Waals surface area contributed by atoms with Crippen LogP contribution in [0.2, 0.25) is 5.31 Å². The van der Waals surface area contributed by atoms with Gasteiger partial charge in [0.25, 0.3) is 0 Å². The van der Waals surface area contributed by atoms with E-state index in [1.165, 1.54) is 44.9 Å². The molecule has 21 heavy (non-hydrogen) atoms. The van der Waals surface area contributed by atoms with Crippen LogP contribution in [0.4, 0.5) is 0 Å². The van der Waals surface area contributed by atoms with Crippen molar-refractivity contribution in [2.24, 2.45) is 5.92 Å². The highest BCUT2D eigenvalue weighted by Gasteiger charge is 2.61. The number of hydrogen-bond donors (Lipinski definition) is 0. The summed E-state index contributed by atoms with van der Waals surface area (Å²) < 4.78 is 13.0. The van der Waals surface area contributed by atoms with Crippen LogP contribution in [0.25, 0.3) is 0 Å². The Balaban J connectivity index is 1.88. The Hall–Kier alpha value is -0.275. The third-order valence-electron chi connectivity index (χ3n) is 6.58. The van der Waals surface area contributed by atoms with Gasteiger partial charge in [-0.25, -0.2) is 0 Å². The Kier molecular flexibility index (Phi) is 4.03. The molecule has 3 aliphatic rings. The second-order valence-electron chi connectivity index (χ2n) is 8.37. The summed E-state index contributed by atoms with van der Waals surface area (Å²) in [6.45, 7) is 8.72. The minimum absolute atomic E-state index is 0.0319. The fourth-order valence-electron chi connectivity index (χ4n) is 4.41. The van der Waals surface area contributed by atoms with Crippen molar-refractivity contribution >= 4 is 7.12 Å². The first-order valence-corrected chi connectivity index (χ1v) is 8.88. The predicted octanol–water partition coefficient (Wildman–Crippen LogP) is 5.14. The molecule has 3 heteroatoms. The maximum absolute atomic E-state index is 6.50. The van der Waals surface area contributed by atoms with Crippen molar-refractivity contribution in [1.82, 2.24) is 0 Å². The van der Waals surface area contributed by atoms with Gasteiger partial charge in [-0.2, -0.15) is 0 Å². The Morgan fingerprint density at radius 1 is 0.905 bits per heavy atom. The fraction of sp³-hybridized carbons (Fsp3) is 0.889. The second kappa shape index (κ2) is 5.42. The van der Waals surface area contributed by atoms with Crippen molar-refractivity contribution in [3.05, 3.63) is 12.2 Å². The first kappa shape index (κ1) is 15.6. The van der Waals surface area contributed by atoms with E-state index < -0.39 is 0 Å². The van der Waals surface area contributed by atoms with Gasteiger partial charge in [-0.15, -0.1) is 0 Å². The van der Waals surface area contributed by atoms with E-state index in [9.17, 15) is 0 Å². The highest BCUT2D eigenvalue weighted by molar-refractivity contribution is 6.50. The van der Waals surface area contributed by atoms with E-state index in [0.29, 0.717) is 0 Å². The lowest BCUT2D eigenvalue weighted by atomic mass is 9.45. The average Bonchev–Trinajstić information content (AvgIpc) is 2.69. The van der Waals surface area contributed by atoms with Crippen LogP contribution in [0.15, 0.2) is 12.2 Å². The van der Waals surface area contributed by atoms with Crippen LogP contribution in [0.5, 0.6) is 0 Å². The number of allylic oxidation sites excluding steroid dienone is 2. The zero-order valence-electron chi connectivity index (χ0n) is 14.3. The second-order valence-corrected chi connectivity index (χ2v) is 8.37. The molecule has 0 aromatic rings. The maximum Gasteiger partial charge on any atom is 0.465 e. The SMILES string of the molecule is CC1(C)OB(C2(C3CCCCC3)CC=CCC2)OC1(C)C. The molecule has 118 valence electrons. The summed E-state index contributed by atoms with van der Waals surface area (Å²) in [7, 11) is -0.0319. The molecule has 1 heterocycles. The van der Waals surface area contributed by atoms with Crippen molar-refractivity contribution in [3.8, 4) is 0 Å². The highest BCUT2D eigenvalue weighted by atomic mass is 16.7. The van der Waals surface area contributed by atoms with Gasteiger partial charge in [0.2, 0.25) is 0 Å². The Morgan fingerprint density at radius 3 is 2.05 bits per heavy atom. The largest absolute Gasteiger partial charge is 0.465 e. The first-order chi connectivity index (χ1) is 9.87. The molecule has 1 unspecified atom stereocenters. The molecule has 1 atom stereocenters. The average molecular weight is 290 g/mol. The molecule has 0 aromatic heterocycles. The monoisotopic (exact) mass is 290 g/mol. The Labute approximate surface area is 130 Å². The van der Waals surface area contributed by atoms with Crippen LogP contribution in [0.1, 0.15) is 79.1 Å². The predicted molar refractivity (Wildman–Crippen MR) is 88.3 cm³/mol. The molecule has 0 radical (unpaired) electrons. The van der Waals surface area contributed by atoms with Crippen LogP contribution in [0.3, 0.4) is 0 Å². The first-order valence-electron chi connectivity index (χ1n) is 8.88. The van der Waals surface area contributed by atoms with Gasteiger partial charge >= 0.3 is 7.12 Å². The highest BCUT2D eigenvalue weighted by Crippen LogP contribution is 2.58. The van der Waals surface area contributed by atoms with Crippen LogP contribution >= 0.6 is 0 Å². The normalized spacial score (nSPS) is 36.1. The molecule has 2 fully saturated rings. The van der Waals surface area contributed by atoms with Gasteiger partial charge in [0, 0.05) is 5.31 Å². The maximum atomic E-state index is 6.50. The van der Waals surface area contributed by atoms with E-state index >= 15 is 0 Å². The van der Waals surface area contributed by atoms with Crippen molar-refractivity contribution in [3.63, 3.8) is 0 Å². The van der Waals surface area contributed by atoms with Crippen molar-refractivity contribution in [2.75, 3.05) is 0 Å². The van der Waals surface area contributed by atoms with E-state index in [2.05, 4.69) is 39.8 Å². The molecule has 1 aliphatic heterocycles. The molecule has 3 rings (SSSR count). The van der Waals surface area contributed by atoms with Crippen molar-refractivity contribution < 1.29 is 9.31 Å². The Morgan fingerprint density at radius 2 is 1.52 bits per heavy atom. The molecular weight excluding hydrogens is 259 g/mol. The molecule has 2 aliphatic carbocycles. The number of rotatable bonds is 2. The molecule has 0 N–H and O–H groups in total. The summed E-state index contributed by atoms with van der Waals surface area (Å²) in [4.78, 5) is 0. The van der Waals surface area contributed by atoms with Crippen LogP contribution in [0, 0.1) is 5.92 Å². The minimum Gasteiger partial charge on any atom is -0.403 e. The van der Waals surface area contributed by atoms with Gasteiger partial charge in [-0.05, 0) is 52.9 Å². The van der Waals surface area contributed by atoms with Gasteiger partial charge < -0.3 is 9.31 Å². The minimum atomic E-state index is -0.208. The lowest BCUT2D eigenvalue weighted by Gasteiger charge is -2.44. The van der Waals surface area contributed by atoms with Gasteiger partial charge in [0.05, 0.1) is 11.2 Å². The van der Waals surface area contributed by atoms with Gasteiger partial charge in [-0.3, -0.25) is 0 Å². The topological polar surface area (TPSA) is 18.5 Å². The quantitative estimate of drug-likeness (QED) is 0.518. The third kappa shape index (κ3) is 2.61. The van der Waals surface area contributed by atoms with Gasteiger partial charge in [0.15, 0.2) is 0 Å². The standard InChI is InChI=1S/C18H31BO2/c1-16(2)17(3,4)21-19(20-16)18(13-9-6-10-14-18)15-11-7-5-8-12-15/h6,9,15H,5,7-8,10-14H2,1-4H3. The summed E-state index contributed by atoms with van der Waals surface area (Å²) in [5, 5.41) is 0.209. The molecule has 0 aromatic carbocycles. The van der Waals surface area contributed by atoms with Crippen LogP contribution in [-0.2, 0) is 9.31 Å². The fourth-order valence-corrected chi connectivity index (χ4v) is 4.41. The zero-order valence-corrected chi connectivity index (χ0v) is 14.3. The summed E-state index contributed by atoms with van der Waals surface area (Å²) in [5.41, 5.74) is -0.416. The van der Waals surface area contributed by atoms with Gasteiger partial charge in [0.1, 0.15) is 0 Å². The number of hydrogen-bond acceptors (Lipinski definition) is 2. The van der Waals surface area contributed by atoms with Gasteiger partial charge in [-0.1, -0.05) is 44.3 Å². The molecule has 2 nitrogen and oxygen atoms in total. The lowest BCUT2D eigenvalue weighted by molar-refractivity contribution is 0.00578. The third-order valence-corrected chi connectivity index (χ3v) is 6.58.